The van der Waals surface area contributed by atoms with E-state index in [0.717, 1.165) is 11.3 Å². The molecular weight excluding hydrogens is 318 g/mol. The van der Waals surface area contributed by atoms with Gasteiger partial charge in [0.1, 0.15) is 12.6 Å². The van der Waals surface area contributed by atoms with Crippen LogP contribution in [0.4, 0.5) is 0 Å². The van der Waals surface area contributed by atoms with Crippen molar-refractivity contribution in [1.29, 1.82) is 5.26 Å². The molecular formula is C18H21N5O2. The molecule has 0 unspecified atom stereocenters. The van der Waals surface area contributed by atoms with Gasteiger partial charge < -0.3 is 15.6 Å². The predicted molar refractivity (Wildman–Crippen MR) is 93.4 cm³/mol. The number of carbonyl (C=O) groups excluding carboxylic acids is 2. The van der Waals surface area contributed by atoms with Crippen LogP contribution in [0.25, 0.3) is 11.3 Å². The minimum Gasteiger partial charge on any atom is -0.345 e. The molecule has 1 heterocycles. The summed E-state index contributed by atoms with van der Waals surface area (Å²) in [6, 6.07) is 8.21. The third-order valence-corrected chi connectivity index (χ3v) is 3.63. The molecule has 2 rings (SSSR count). The fourth-order valence-electron chi connectivity index (χ4n) is 2.41. The van der Waals surface area contributed by atoms with Crippen LogP contribution in [-0.2, 0) is 4.79 Å². The molecule has 0 aliphatic rings. The van der Waals surface area contributed by atoms with E-state index in [1.165, 1.54) is 0 Å². The summed E-state index contributed by atoms with van der Waals surface area (Å²) in [5, 5.41) is 13.8. The van der Waals surface area contributed by atoms with Crippen molar-refractivity contribution in [3.05, 3.63) is 42.4 Å². The highest BCUT2D eigenvalue weighted by Crippen LogP contribution is 2.16. The van der Waals surface area contributed by atoms with E-state index >= 15 is 0 Å². The predicted octanol–water partition coefficient (Wildman–Crippen LogP) is 1.86. The van der Waals surface area contributed by atoms with Gasteiger partial charge in [0, 0.05) is 5.56 Å². The molecule has 7 heteroatoms. The molecule has 1 atom stereocenters. The van der Waals surface area contributed by atoms with Gasteiger partial charge in [-0.15, -0.1) is 0 Å². The van der Waals surface area contributed by atoms with Gasteiger partial charge in [0.2, 0.25) is 5.91 Å². The van der Waals surface area contributed by atoms with Gasteiger partial charge in [0.25, 0.3) is 5.91 Å². The molecule has 130 valence electrons. The average molecular weight is 339 g/mol. The number of H-pyrrole nitrogens is 1. The lowest BCUT2D eigenvalue weighted by Crippen LogP contribution is -2.47. The summed E-state index contributed by atoms with van der Waals surface area (Å²) in [4.78, 5) is 31.5. The van der Waals surface area contributed by atoms with Crippen LogP contribution >= 0.6 is 0 Å². The molecule has 3 N–H and O–H groups in total. The van der Waals surface area contributed by atoms with Gasteiger partial charge in [0.15, 0.2) is 0 Å². The van der Waals surface area contributed by atoms with Gasteiger partial charge in [-0.1, -0.05) is 26.0 Å². The Balaban J connectivity index is 2.06. The number of aromatic nitrogens is 2. The normalized spacial score (nSPS) is 11.6. The number of nitrogens with one attached hydrogen (secondary N) is 3. The van der Waals surface area contributed by atoms with Crippen LogP contribution in [0.1, 0.15) is 30.6 Å². The largest absolute Gasteiger partial charge is 0.345 e. The average Bonchev–Trinajstić information content (AvgIpc) is 3.13. The molecule has 0 radical (unpaired) electrons. The Morgan fingerprint density at radius 2 is 2.00 bits per heavy atom. The fraction of sp³-hybridized carbons (Fsp3) is 0.333. The number of nitrogens with zero attached hydrogens (tertiary/aromatic N) is 2. The van der Waals surface area contributed by atoms with E-state index in [1.807, 2.05) is 32.0 Å². The Kier molecular flexibility index (Phi) is 6.29. The number of carbonyl (C=O) groups is 2. The van der Waals surface area contributed by atoms with Gasteiger partial charge in [-0.05, 0) is 30.0 Å². The number of rotatable bonds is 7. The maximum Gasteiger partial charge on any atom is 0.251 e. The molecule has 0 aliphatic heterocycles. The van der Waals surface area contributed by atoms with Crippen molar-refractivity contribution in [2.45, 2.75) is 26.3 Å². The van der Waals surface area contributed by atoms with Gasteiger partial charge >= 0.3 is 0 Å². The van der Waals surface area contributed by atoms with Crippen molar-refractivity contribution in [3.8, 4) is 17.3 Å². The van der Waals surface area contributed by atoms with Crippen LogP contribution in [0.15, 0.2) is 36.8 Å². The van der Waals surface area contributed by atoms with E-state index < -0.39 is 6.04 Å². The summed E-state index contributed by atoms with van der Waals surface area (Å²) in [5.74, 6) is -0.451. The Morgan fingerprint density at radius 3 is 2.56 bits per heavy atom. The van der Waals surface area contributed by atoms with Crippen molar-refractivity contribution in [1.82, 2.24) is 20.6 Å². The first-order valence-corrected chi connectivity index (χ1v) is 8.05. The third-order valence-electron chi connectivity index (χ3n) is 3.63. The molecule has 0 fully saturated rings. The minimum atomic E-state index is -0.673. The first-order valence-electron chi connectivity index (χ1n) is 8.05. The second-order valence-corrected chi connectivity index (χ2v) is 6.07. The summed E-state index contributed by atoms with van der Waals surface area (Å²) in [7, 11) is 0. The monoisotopic (exact) mass is 339 g/mol. The van der Waals surface area contributed by atoms with E-state index in [9.17, 15) is 9.59 Å². The Bertz CT molecular complexity index is 745. The minimum absolute atomic E-state index is 0.0812. The van der Waals surface area contributed by atoms with Crippen LogP contribution in [0.2, 0.25) is 0 Å². The molecule has 25 heavy (non-hydrogen) atoms. The molecule has 0 saturated heterocycles. The van der Waals surface area contributed by atoms with Gasteiger partial charge in [-0.2, -0.15) is 5.26 Å². The Hall–Kier alpha value is -3.14. The van der Waals surface area contributed by atoms with Crippen LogP contribution in [0.3, 0.4) is 0 Å². The maximum absolute atomic E-state index is 12.4. The molecule has 0 spiro atoms. The van der Waals surface area contributed by atoms with Crippen LogP contribution in [0.5, 0.6) is 0 Å². The van der Waals surface area contributed by atoms with E-state index in [-0.39, 0.29) is 24.3 Å². The first kappa shape index (κ1) is 18.2. The number of nitriles is 1. The number of amides is 2. The van der Waals surface area contributed by atoms with Crippen molar-refractivity contribution < 1.29 is 9.59 Å². The molecule has 2 aromatic rings. The van der Waals surface area contributed by atoms with Crippen LogP contribution in [0, 0.1) is 17.2 Å². The lowest BCUT2D eigenvalue weighted by Gasteiger charge is -2.19. The number of imidazole rings is 1. The first-order chi connectivity index (χ1) is 12.0. The molecule has 0 bridgehead atoms. The highest BCUT2D eigenvalue weighted by molar-refractivity contribution is 5.97. The van der Waals surface area contributed by atoms with Gasteiger partial charge in [-0.25, -0.2) is 4.98 Å². The van der Waals surface area contributed by atoms with Crippen LogP contribution < -0.4 is 10.6 Å². The fourth-order valence-corrected chi connectivity index (χ4v) is 2.41. The number of hydrogen-bond donors (Lipinski definition) is 3. The Morgan fingerprint density at radius 1 is 1.28 bits per heavy atom. The topological polar surface area (TPSA) is 111 Å². The van der Waals surface area contributed by atoms with Crippen molar-refractivity contribution in [3.63, 3.8) is 0 Å². The van der Waals surface area contributed by atoms with E-state index in [1.54, 1.807) is 24.7 Å². The lowest BCUT2D eigenvalue weighted by atomic mass is 10.0. The summed E-state index contributed by atoms with van der Waals surface area (Å²) in [6.07, 6.45) is 3.79. The molecule has 1 aromatic carbocycles. The SMILES string of the molecule is CC(C)C[C@H](NC(=O)c1ccc(-c2cnc[nH]2)cc1)C(=O)NCC#N. The summed E-state index contributed by atoms with van der Waals surface area (Å²) in [5.41, 5.74) is 2.24. The van der Waals surface area contributed by atoms with Gasteiger partial charge in [-0.3, -0.25) is 9.59 Å². The molecule has 2 amide bonds. The number of hydrogen-bond acceptors (Lipinski definition) is 4. The summed E-state index contributed by atoms with van der Waals surface area (Å²) < 4.78 is 0. The van der Waals surface area contributed by atoms with Crippen molar-refractivity contribution >= 4 is 11.8 Å². The van der Waals surface area contributed by atoms with E-state index in [4.69, 9.17) is 5.26 Å². The summed E-state index contributed by atoms with van der Waals surface area (Å²) in [6.45, 7) is 3.86. The second-order valence-electron chi connectivity index (χ2n) is 6.07. The summed E-state index contributed by atoms with van der Waals surface area (Å²) >= 11 is 0. The standard InChI is InChI=1S/C18H21N5O2/c1-12(2)9-15(18(25)21-8-7-19)23-17(24)14-5-3-13(4-6-14)16-10-20-11-22-16/h3-6,10-12,15H,8-9H2,1-2H3,(H,20,22)(H,21,25)(H,23,24)/t15-/m0/s1. The quantitative estimate of drug-likeness (QED) is 0.669. The van der Waals surface area contributed by atoms with E-state index in [2.05, 4.69) is 20.6 Å². The third kappa shape index (κ3) is 5.18. The second kappa shape index (κ2) is 8.64. The highest BCUT2D eigenvalue weighted by atomic mass is 16.2. The Labute approximate surface area is 146 Å². The van der Waals surface area contributed by atoms with Gasteiger partial charge in [0.05, 0.1) is 24.3 Å². The molecule has 0 aliphatic carbocycles. The van der Waals surface area contributed by atoms with Crippen molar-refractivity contribution in [2.75, 3.05) is 6.54 Å². The highest BCUT2D eigenvalue weighted by Gasteiger charge is 2.22. The molecule has 7 nitrogen and oxygen atoms in total. The van der Waals surface area contributed by atoms with Crippen LogP contribution in [-0.4, -0.2) is 34.4 Å². The number of aromatic amines is 1. The molecule has 0 saturated carbocycles. The lowest BCUT2D eigenvalue weighted by molar-refractivity contribution is -0.123. The maximum atomic E-state index is 12.4. The zero-order chi connectivity index (χ0) is 18.2. The smallest absolute Gasteiger partial charge is 0.251 e. The van der Waals surface area contributed by atoms with E-state index in [0.29, 0.717) is 12.0 Å². The zero-order valence-electron chi connectivity index (χ0n) is 14.2. The number of benzene rings is 1. The zero-order valence-corrected chi connectivity index (χ0v) is 14.2. The van der Waals surface area contributed by atoms with Crippen molar-refractivity contribution in [2.24, 2.45) is 5.92 Å². The molecule has 1 aromatic heterocycles.